The summed E-state index contributed by atoms with van der Waals surface area (Å²) in [6.07, 6.45) is -15.3. The van der Waals surface area contributed by atoms with Crippen LogP contribution in [-0.2, 0) is 14.2 Å². The Labute approximate surface area is 248 Å². The first-order valence-corrected chi connectivity index (χ1v) is 13.4. The van der Waals surface area contributed by atoms with E-state index in [1.54, 1.807) is 0 Å². The second kappa shape index (κ2) is 12.4. The zero-order valence-electron chi connectivity index (χ0n) is 23.3. The molecule has 0 saturated carbocycles. The van der Waals surface area contributed by atoms with Crippen molar-refractivity contribution in [3.8, 4) is 40.1 Å². The molecule has 3 aromatic rings. The third-order valence-corrected chi connectivity index (χ3v) is 7.50. The molecular weight excluding hydrogens is 592 g/mol. The molecule has 240 valence electrons. The van der Waals surface area contributed by atoms with Crippen molar-refractivity contribution in [1.29, 1.82) is 0 Å². The average Bonchev–Trinajstić information content (AvgIpc) is 2.99. The molecule has 9 N–H and O–H groups in total. The number of ether oxygens (including phenoxy) is 5. The minimum Gasteiger partial charge on any atom is -0.507 e. The Morgan fingerprint density at radius 2 is 1.45 bits per heavy atom. The molecule has 2 fully saturated rings. The number of methoxy groups -OCH3 is 1. The van der Waals surface area contributed by atoms with E-state index in [0.29, 0.717) is 0 Å². The topological polar surface area (TPSA) is 258 Å². The van der Waals surface area contributed by atoms with Crippen molar-refractivity contribution in [2.75, 3.05) is 13.7 Å². The van der Waals surface area contributed by atoms with Crippen LogP contribution in [0.1, 0.15) is 6.92 Å². The number of hydrogen-bond acceptors (Lipinski definition) is 16. The Bertz CT molecular complexity index is 1560. The van der Waals surface area contributed by atoms with Crippen molar-refractivity contribution >= 4 is 11.0 Å². The zero-order chi connectivity index (χ0) is 32.0. The van der Waals surface area contributed by atoms with Crippen LogP contribution in [-0.4, -0.2) is 121 Å². The standard InChI is InChI=1S/C28H32O16/c1-9-18(32)21(35)23(37)27(41-9)40-8-16-19(33)22(36)24(38)28(44-16)42-11-6-14(31)17-15(7-11)43-25(26(39-2)20(17)34)10-3-4-12(29)13(30)5-10/h3-7,9,16,18-19,21-24,27-33,35-38H,8H2,1-2H3/t9-,16+,18-,19+,21+,22-,23+,24-,27+,28+/m0/s1. The summed E-state index contributed by atoms with van der Waals surface area (Å²) < 4.78 is 33.1. The highest BCUT2D eigenvalue weighted by Crippen LogP contribution is 2.39. The van der Waals surface area contributed by atoms with Gasteiger partial charge in [0.1, 0.15) is 65.2 Å². The van der Waals surface area contributed by atoms with Gasteiger partial charge in [-0.2, -0.15) is 0 Å². The number of fused-ring (bicyclic) bond motifs is 1. The summed E-state index contributed by atoms with van der Waals surface area (Å²) in [7, 11) is 1.20. The van der Waals surface area contributed by atoms with Crippen LogP contribution in [0.5, 0.6) is 28.7 Å². The van der Waals surface area contributed by atoms with Crippen LogP contribution in [0.3, 0.4) is 0 Å². The lowest BCUT2D eigenvalue weighted by atomic mass is 9.98. The molecule has 2 aliphatic rings. The second-order valence-corrected chi connectivity index (χ2v) is 10.5. The Hall–Kier alpha value is -3.71. The summed E-state index contributed by atoms with van der Waals surface area (Å²) in [4.78, 5) is 13.2. The van der Waals surface area contributed by atoms with E-state index < -0.39 is 90.7 Å². The molecule has 10 atom stereocenters. The van der Waals surface area contributed by atoms with Crippen molar-refractivity contribution in [2.24, 2.45) is 0 Å². The lowest BCUT2D eigenvalue weighted by molar-refractivity contribution is -0.318. The lowest BCUT2D eigenvalue weighted by Gasteiger charge is -2.42. The van der Waals surface area contributed by atoms with Gasteiger partial charge in [0.15, 0.2) is 23.5 Å². The molecular formula is C28H32O16. The van der Waals surface area contributed by atoms with Gasteiger partial charge < -0.3 is 74.1 Å². The van der Waals surface area contributed by atoms with Crippen molar-refractivity contribution in [2.45, 2.75) is 68.3 Å². The molecule has 5 rings (SSSR count). The summed E-state index contributed by atoms with van der Waals surface area (Å²) in [6, 6.07) is 5.84. The first-order chi connectivity index (χ1) is 20.8. The summed E-state index contributed by atoms with van der Waals surface area (Å²) in [5.41, 5.74) is -0.835. The van der Waals surface area contributed by atoms with Crippen LogP contribution in [0.25, 0.3) is 22.3 Å². The molecule has 1 aromatic heterocycles. The van der Waals surface area contributed by atoms with Gasteiger partial charge >= 0.3 is 0 Å². The number of phenolic OH excluding ortho intramolecular Hbond substituents is 3. The van der Waals surface area contributed by atoms with Crippen LogP contribution in [0, 0.1) is 0 Å². The predicted molar refractivity (Wildman–Crippen MR) is 145 cm³/mol. The molecule has 16 nitrogen and oxygen atoms in total. The monoisotopic (exact) mass is 624 g/mol. The molecule has 0 aliphatic carbocycles. The average molecular weight is 625 g/mol. The highest BCUT2D eigenvalue weighted by Gasteiger charge is 2.47. The number of aliphatic hydroxyl groups excluding tert-OH is 6. The minimum atomic E-state index is -1.81. The quantitative estimate of drug-likeness (QED) is 0.137. The maximum absolute atomic E-state index is 13.2. The van der Waals surface area contributed by atoms with Gasteiger partial charge in [-0.05, 0) is 25.1 Å². The molecule has 0 radical (unpaired) electrons. The van der Waals surface area contributed by atoms with Crippen LogP contribution < -0.4 is 14.9 Å². The molecule has 0 spiro atoms. The number of rotatable bonds is 7. The molecule has 0 unspecified atom stereocenters. The third-order valence-electron chi connectivity index (χ3n) is 7.50. The largest absolute Gasteiger partial charge is 0.507 e. The van der Waals surface area contributed by atoms with Crippen molar-refractivity contribution in [1.82, 2.24) is 0 Å². The molecule has 2 saturated heterocycles. The molecule has 2 aliphatic heterocycles. The summed E-state index contributed by atoms with van der Waals surface area (Å²) in [5.74, 6) is -2.18. The van der Waals surface area contributed by atoms with Gasteiger partial charge in [0.05, 0.1) is 19.8 Å². The number of hydrogen-bond donors (Lipinski definition) is 9. The maximum Gasteiger partial charge on any atom is 0.239 e. The van der Waals surface area contributed by atoms with Gasteiger partial charge in [-0.25, -0.2) is 0 Å². The first kappa shape index (κ1) is 31.7. The fourth-order valence-corrected chi connectivity index (χ4v) is 4.99. The molecule has 44 heavy (non-hydrogen) atoms. The Kier molecular flexibility index (Phi) is 8.90. The minimum absolute atomic E-state index is 0.149. The molecule has 2 aromatic carbocycles. The number of aromatic hydroxyl groups is 3. The van der Waals surface area contributed by atoms with E-state index in [1.807, 2.05) is 0 Å². The summed E-state index contributed by atoms with van der Waals surface area (Å²) in [5, 5.41) is 91.5. The van der Waals surface area contributed by atoms with E-state index in [2.05, 4.69) is 0 Å². The smallest absolute Gasteiger partial charge is 0.239 e. The highest BCUT2D eigenvalue weighted by molar-refractivity contribution is 5.88. The fraction of sp³-hybridized carbons (Fsp3) is 0.464. The number of aliphatic hydroxyl groups is 6. The first-order valence-electron chi connectivity index (χ1n) is 13.4. The summed E-state index contributed by atoms with van der Waals surface area (Å²) in [6.45, 7) is 0.920. The van der Waals surface area contributed by atoms with Crippen molar-refractivity contribution < 1.29 is 74.1 Å². The van der Waals surface area contributed by atoms with Crippen LogP contribution in [0.15, 0.2) is 39.5 Å². The zero-order valence-corrected chi connectivity index (χ0v) is 23.3. The SMILES string of the molecule is COc1c(-c2ccc(O)c(O)c2)oc2cc(O[C@@H]3O[C@H](CO[C@@H]4O[C@@H](C)[C@H](O)[C@@H](O)[C@H]4O)[C@@H](O)[C@H](O)[C@@H]3O)cc(O)c2c1=O. The number of phenols is 3. The normalized spacial score (nSPS) is 32.5. The molecule has 3 heterocycles. The third kappa shape index (κ3) is 5.74. The van der Waals surface area contributed by atoms with Crippen LogP contribution in [0.2, 0.25) is 0 Å². The Morgan fingerprint density at radius 1 is 0.773 bits per heavy atom. The van der Waals surface area contributed by atoms with Crippen LogP contribution >= 0.6 is 0 Å². The van der Waals surface area contributed by atoms with Gasteiger partial charge in [0.2, 0.25) is 17.5 Å². The molecule has 0 bridgehead atoms. The van der Waals surface area contributed by atoms with E-state index >= 15 is 0 Å². The summed E-state index contributed by atoms with van der Waals surface area (Å²) >= 11 is 0. The van der Waals surface area contributed by atoms with Crippen molar-refractivity contribution in [3.63, 3.8) is 0 Å². The van der Waals surface area contributed by atoms with Gasteiger partial charge in [0.25, 0.3) is 0 Å². The van der Waals surface area contributed by atoms with Gasteiger partial charge in [-0.1, -0.05) is 0 Å². The van der Waals surface area contributed by atoms with E-state index in [1.165, 1.54) is 32.2 Å². The predicted octanol–water partition coefficient (Wildman–Crippen LogP) is -1.38. The highest BCUT2D eigenvalue weighted by atomic mass is 16.7. The van der Waals surface area contributed by atoms with Crippen LogP contribution in [0.4, 0.5) is 0 Å². The van der Waals surface area contributed by atoms with E-state index in [-0.39, 0.29) is 33.8 Å². The van der Waals surface area contributed by atoms with Gasteiger partial charge in [-0.15, -0.1) is 0 Å². The van der Waals surface area contributed by atoms with E-state index in [9.17, 15) is 50.8 Å². The van der Waals surface area contributed by atoms with Gasteiger partial charge in [-0.3, -0.25) is 4.79 Å². The number of benzene rings is 2. The molecule has 0 amide bonds. The second-order valence-electron chi connectivity index (χ2n) is 10.5. The Morgan fingerprint density at radius 3 is 2.14 bits per heavy atom. The van der Waals surface area contributed by atoms with E-state index in [0.717, 1.165) is 12.1 Å². The maximum atomic E-state index is 13.2. The van der Waals surface area contributed by atoms with Crippen molar-refractivity contribution in [3.05, 3.63) is 40.6 Å². The fourth-order valence-electron chi connectivity index (χ4n) is 4.99. The van der Waals surface area contributed by atoms with E-state index in [4.69, 9.17) is 28.1 Å². The molecule has 16 heteroatoms. The lowest BCUT2D eigenvalue weighted by Crippen LogP contribution is -2.61. The van der Waals surface area contributed by atoms with Gasteiger partial charge in [0, 0.05) is 17.7 Å². The Balaban J connectivity index is 1.40.